The van der Waals surface area contributed by atoms with Gasteiger partial charge in [-0.3, -0.25) is 4.79 Å². The Labute approximate surface area is 117 Å². The quantitative estimate of drug-likeness (QED) is 0.693. The topological polar surface area (TPSA) is 54.6 Å². The third-order valence-corrected chi connectivity index (χ3v) is 3.86. The fourth-order valence-electron chi connectivity index (χ4n) is 1.47. The lowest BCUT2D eigenvalue weighted by molar-refractivity contribution is 0.0953. The predicted octanol–water partition coefficient (Wildman–Crippen LogP) is 3.48. The van der Waals surface area contributed by atoms with Crippen LogP contribution in [0.4, 0.5) is 0 Å². The van der Waals surface area contributed by atoms with Gasteiger partial charge in [0.2, 0.25) is 0 Å². The van der Waals surface area contributed by atoms with Gasteiger partial charge in [0.15, 0.2) is 0 Å². The van der Waals surface area contributed by atoms with E-state index in [1.807, 2.05) is 11.4 Å². The van der Waals surface area contributed by atoms with Crippen LogP contribution < -0.4 is 5.43 Å². The molecule has 0 bridgehead atoms. The summed E-state index contributed by atoms with van der Waals surface area (Å²) in [7, 11) is 0. The van der Waals surface area contributed by atoms with Crippen molar-refractivity contribution in [3.8, 4) is 0 Å². The molecule has 1 amide bonds. The number of carbonyl (C=O) groups excluding carboxylic acids is 1. The second kappa shape index (κ2) is 5.49. The number of nitrogens with zero attached hydrogens (tertiary/aromatic N) is 1. The number of nitrogens with one attached hydrogen (secondary N) is 1. The number of carbonyl (C=O) groups is 1. The van der Waals surface area contributed by atoms with Gasteiger partial charge in [0.05, 0.1) is 11.8 Å². The van der Waals surface area contributed by atoms with Crippen LogP contribution in [0.15, 0.2) is 31.5 Å². The van der Waals surface area contributed by atoms with E-state index in [-0.39, 0.29) is 5.91 Å². The van der Waals surface area contributed by atoms with Crippen molar-refractivity contribution in [2.75, 3.05) is 0 Å². The van der Waals surface area contributed by atoms with Gasteiger partial charge < -0.3 is 4.42 Å². The Morgan fingerprint density at radius 2 is 2.28 bits per heavy atom. The van der Waals surface area contributed by atoms with Gasteiger partial charge in [0.25, 0.3) is 5.91 Å². The molecule has 94 valence electrons. The SMILES string of the molecule is Cc1cc(C(=O)N/N=C/c2cc(Br)cs2)c(C)o1. The molecule has 0 aromatic carbocycles. The van der Waals surface area contributed by atoms with E-state index in [0.717, 1.165) is 9.35 Å². The zero-order chi connectivity index (χ0) is 13.1. The summed E-state index contributed by atoms with van der Waals surface area (Å²) in [4.78, 5) is 12.7. The number of hydrogen-bond donors (Lipinski definition) is 1. The maximum atomic E-state index is 11.8. The minimum absolute atomic E-state index is 0.267. The van der Waals surface area contributed by atoms with E-state index < -0.39 is 0 Å². The number of halogens is 1. The van der Waals surface area contributed by atoms with E-state index in [1.165, 1.54) is 11.3 Å². The van der Waals surface area contributed by atoms with Crippen molar-refractivity contribution >= 4 is 39.4 Å². The Bertz CT molecular complexity index is 601. The molecule has 6 heteroatoms. The summed E-state index contributed by atoms with van der Waals surface area (Å²) in [6.07, 6.45) is 1.61. The van der Waals surface area contributed by atoms with Crippen molar-refractivity contribution < 1.29 is 9.21 Å². The summed E-state index contributed by atoms with van der Waals surface area (Å²) in [6, 6.07) is 3.62. The standard InChI is InChI=1S/C12H11BrN2O2S/c1-7-3-11(8(2)17-7)12(16)15-14-5-10-4-9(13)6-18-10/h3-6H,1-2H3,(H,15,16)/b14-5+. The average molecular weight is 327 g/mol. The van der Waals surface area contributed by atoms with Crippen molar-refractivity contribution in [3.63, 3.8) is 0 Å². The van der Waals surface area contributed by atoms with Crippen LogP contribution >= 0.6 is 27.3 Å². The normalized spacial score (nSPS) is 11.1. The van der Waals surface area contributed by atoms with E-state index in [0.29, 0.717) is 17.1 Å². The van der Waals surface area contributed by atoms with Crippen molar-refractivity contribution in [1.82, 2.24) is 5.43 Å². The van der Waals surface area contributed by atoms with Crippen LogP contribution in [0, 0.1) is 13.8 Å². The first kappa shape index (κ1) is 13.0. The van der Waals surface area contributed by atoms with Gasteiger partial charge in [-0.1, -0.05) is 0 Å². The van der Waals surface area contributed by atoms with Gasteiger partial charge >= 0.3 is 0 Å². The van der Waals surface area contributed by atoms with Crippen molar-refractivity contribution in [2.24, 2.45) is 5.10 Å². The molecule has 0 unspecified atom stereocenters. The summed E-state index contributed by atoms with van der Waals surface area (Å²) in [6.45, 7) is 3.55. The molecule has 0 aliphatic rings. The van der Waals surface area contributed by atoms with Crippen molar-refractivity contribution in [1.29, 1.82) is 0 Å². The van der Waals surface area contributed by atoms with Gasteiger partial charge in [0, 0.05) is 14.7 Å². The molecule has 2 aromatic rings. The lowest BCUT2D eigenvalue weighted by Gasteiger charge is -1.96. The number of thiophene rings is 1. The Hall–Kier alpha value is -1.40. The highest BCUT2D eigenvalue weighted by Gasteiger charge is 2.12. The van der Waals surface area contributed by atoms with Crippen molar-refractivity contribution in [2.45, 2.75) is 13.8 Å². The maximum Gasteiger partial charge on any atom is 0.274 e. The number of rotatable bonds is 3. The largest absolute Gasteiger partial charge is 0.466 e. The highest BCUT2D eigenvalue weighted by atomic mass is 79.9. The number of aryl methyl sites for hydroxylation is 2. The first-order valence-electron chi connectivity index (χ1n) is 5.21. The Morgan fingerprint density at radius 3 is 2.83 bits per heavy atom. The molecule has 0 radical (unpaired) electrons. The zero-order valence-corrected chi connectivity index (χ0v) is 12.3. The number of hydrazone groups is 1. The van der Waals surface area contributed by atoms with E-state index in [4.69, 9.17) is 4.42 Å². The molecular formula is C12H11BrN2O2S. The third kappa shape index (κ3) is 3.08. The maximum absolute atomic E-state index is 11.8. The number of hydrogen-bond acceptors (Lipinski definition) is 4. The van der Waals surface area contributed by atoms with Gasteiger partial charge in [-0.2, -0.15) is 5.10 Å². The average Bonchev–Trinajstić information content (AvgIpc) is 2.85. The van der Waals surface area contributed by atoms with Crippen LogP contribution in [-0.4, -0.2) is 12.1 Å². The zero-order valence-electron chi connectivity index (χ0n) is 9.86. The Morgan fingerprint density at radius 1 is 1.50 bits per heavy atom. The molecule has 0 aliphatic carbocycles. The van der Waals surface area contributed by atoms with E-state index >= 15 is 0 Å². The molecular weight excluding hydrogens is 316 g/mol. The number of amides is 1. The van der Waals surface area contributed by atoms with Crippen LogP contribution in [0.2, 0.25) is 0 Å². The first-order chi connectivity index (χ1) is 8.56. The predicted molar refractivity (Wildman–Crippen MR) is 75.3 cm³/mol. The molecule has 2 heterocycles. The summed E-state index contributed by atoms with van der Waals surface area (Å²) in [5, 5.41) is 5.86. The molecule has 18 heavy (non-hydrogen) atoms. The lowest BCUT2D eigenvalue weighted by atomic mass is 10.2. The van der Waals surface area contributed by atoms with Gasteiger partial charge in [0.1, 0.15) is 11.5 Å². The molecule has 0 aliphatic heterocycles. The summed E-state index contributed by atoms with van der Waals surface area (Å²) in [5.41, 5.74) is 2.98. The van der Waals surface area contributed by atoms with Gasteiger partial charge in [-0.25, -0.2) is 5.43 Å². The second-order valence-electron chi connectivity index (χ2n) is 3.69. The van der Waals surface area contributed by atoms with E-state index in [1.54, 1.807) is 26.1 Å². The van der Waals surface area contributed by atoms with E-state index in [9.17, 15) is 4.79 Å². The smallest absolute Gasteiger partial charge is 0.274 e. The monoisotopic (exact) mass is 326 g/mol. The van der Waals surface area contributed by atoms with Crippen LogP contribution in [0.5, 0.6) is 0 Å². The van der Waals surface area contributed by atoms with Gasteiger partial charge in [-0.05, 0) is 41.9 Å². The number of furan rings is 1. The first-order valence-corrected chi connectivity index (χ1v) is 6.88. The molecule has 0 atom stereocenters. The molecule has 0 fully saturated rings. The minimum Gasteiger partial charge on any atom is -0.466 e. The van der Waals surface area contributed by atoms with Crippen LogP contribution in [-0.2, 0) is 0 Å². The second-order valence-corrected chi connectivity index (χ2v) is 5.55. The Kier molecular flexibility index (Phi) is 3.98. The highest BCUT2D eigenvalue weighted by molar-refractivity contribution is 9.10. The van der Waals surface area contributed by atoms with Crippen LogP contribution in [0.1, 0.15) is 26.8 Å². The summed E-state index contributed by atoms with van der Waals surface area (Å²) < 4.78 is 6.29. The molecule has 0 saturated carbocycles. The molecule has 0 saturated heterocycles. The fraction of sp³-hybridized carbons (Fsp3) is 0.167. The molecule has 0 spiro atoms. The lowest BCUT2D eigenvalue weighted by Crippen LogP contribution is -2.17. The van der Waals surface area contributed by atoms with Gasteiger partial charge in [-0.15, -0.1) is 11.3 Å². The van der Waals surface area contributed by atoms with Crippen LogP contribution in [0.25, 0.3) is 0 Å². The van der Waals surface area contributed by atoms with E-state index in [2.05, 4.69) is 26.5 Å². The van der Waals surface area contributed by atoms with Crippen LogP contribution in [0.3, 0.4) is 0 Å². The fourth-order valence-corrected chi connectivity index (χ4v) is 2.77. The minimum atomic E-state index is -0.267. The third-order valence-electron chi connectivity index (χ3n) is 2.23. The Balaban J connectivity index is 2.00. The summed E-state index contributed by atoms with van der Waals surface area (Å²) >= 11 is 4.89. The molecule has 2 rings (SSSR count). The molecule has 4 nitrogen and oxygen atoms in total. The molecule has 2 aromatic heterocycles. The van der Waals surface area contributed by atoms with Crippen molar-refractivity contribution in [3.05, 3.63) is 43.9 Å². The highest BCUT2D eigenvalue weighted by Crippen LogP contribution is 2.18. The molecule has 1 N–H and O–H groups in total. The summed E-state index contributed by atoms with van der Waals surface area (Å²) in [5.74, 6) is 1.04.